The van der Waals surface area contributed by atoms with Crippen molar-refractivity contribution < 1.29 is 19.4 Å². The minimum atomic E-state index is -1.03. The number of carbonyl (C=O) groups is 2. The number of rotatable bonds is 3. The number of carboxylic acids is 1. The van der Waals surface area contributed by atoms with E-state index in [4.69, 9.17) is 21.4 Å². The van der Waals surface area contributed by atoms with Gasteiger partial charge in [-0.3, -0.25) is 5.32 Å². The predicted octanol–water partition coefficient (Wildman–Crippen LogP) is 5.05. The highest BCUT2D eigenvalue weighted by molar-refractivity contribution is 6.33. The minimum absolute atomic E-state index is 0.139. The Morgan fingerprint density at radius 3 is 2.46 bits per heavy atom. The number of amides is 1. The van der Waals surface area contributed by atoms with Crippen molar-refractivity contribution in [2.75, 3.05) is 5.32 Å². The lowest BCUT2D eigenvalue weighted by molar-refractivity contribution is 0.0634. The van der Waals surface area contributed by atoms with Crippen LogP contribution in [0.25, 0.3) is 11.1 Å². The van der Waals surface area contributed by atoms with E-state index in [1.165, 1.54) is 18.2 Å². The van der Waals surface area contributed by atoms with Crippen LogP contribution in [0.4, 0.5) is 10.5 Å². The van der Waals surface area contributed by atoms with Crippen molar-refractivity contribution in [3.8, 4) is 11.1 Å². The third kappa shape index (κ3) is 4.73. The van der Waals surface area contributed by atoms with Crippen molar-refractivity contribution in [3.05, 3.63) is 53.1 Å². The molecule has 2 N–H and O–H groups in total. The van der Waals surface area contributed by atoms with Crippen molar-refractivity contribution in [2.24, 2.45) is 0 Å². The summed E-state index contributed by atoms with van der Waals surface area (Å²) < 4.78 is 5.21. The molecule has 6 heteroatoms. The van der Waals surface area contributed by atoms with Gasteiger partial charge in [-0.15, -0.1) is 0 Å². The zero-order valence-corrected chi connectivity index (χ0v) is 14.3. The van der Waals surface area contributed by atoms with Crippen LogP contribution in [0.1, 0.15) is 31.1 Å². The van der Waals surface area contributed by atoms with Gasteiger partial charge in [-0.2, -0.15) is 0 Å². The quantitative estimate of drug-likeness (QED) is 0.814. The van der Waals surface area contributed by atoms with Gasteiger partial charge in [0.15, 0.2) is 0 Å². The average molecular weight is 348 g/mol. The minimum Gasteiger partial charge on any atom is -0.478 e. The summed E-state index contributed by atoms with van der Waals surface area (Å²) in [6.07, 6.45) is -0.565. The zero-order valence-electron chi connectivity index (χ0n) is 13.6. The second-order valence-corrected chi connectivity index (χ2v) is 6.61. The highest BCUT2D eigenvalue weighted by atomic mass is 35.5. The van der Waals surface area contributed by atoms with E-state index in [0.29, 0.717) is 21.8 Å². The maximum Gasteiger partial charge on any atom is 0.412 e. The normalized spacial score (nSPS) is 11.0. The molecule has 0 radical (unpaired) electrons. The fourth-order valence-corrected chi connectivity index (χ4v) is 2.29. The smallest absolute Gasteiger partial charge is 0.412 e. The number of carboxylic acid groups (broad SMARTS) is 1. The average Bonchev–Trinajstić information content (AvgIpc) is 2.45. The molecule has 126 valence electrons. The van der Waals surface area contributed by atoms with Crippen LogP contribution < -0.4 is 5.32 Å². The molecule has 0 atom stereocenters. The van der Waals surface area contributed by atoms with Crippen LogP contribution in [-0.4, -0.2) is 22.8 Å². The largest absolute Gasteiger partial charge is 0.478 e. The van der Waals surface area contributed by atoms with E-state index in [-0.39, 0.29) is 5.56 Å². The van der Waals surface area contributed by atoms with Crippen molar-refractivity contribution in [1.29, 1.82) is 0 Å². The van der Waals surface area contributed by atoms with Gasteiger partial charge in [0.05, 0.1) is 5.56 Å². The van der Waals surface area contributed by atoms with Gasteiger partial charge in [0, 0.05) is 16.3 Å². The molecule has 0 aromatic heterocycles. The Balaban J connectivity index is 2.29. The number of hydrogen-bond donors (Lipinski definition) is 2. The third-order valence-electron chi connectivity index (χ3n) is 3.03. The monoisotopic (exact) mass is 347 g/mol. The molecule has 0 unspecified atom stereocenters. The zero-order chi connectivity index (χ0) is 17.9. The third-order valence-corrected chi connectivity index (χ3v) is 3.36. The summed E-state index contributed by atoms with van der Waals surface area (Å²) in [5.74, 6) is -1.03. The fourth-order valence-electron chi connectivity index (χ4n) is 2.07. The highest BCUT2D eigenvalue weighted by Gasteiger charge is 2.16. The van der Waals surface area contributed by atoms with Gasteiger partial charge in [0.2, 0.25) is 0 Å². The van der Waals surface area contributed by atoms with Crippen LogP contribution in [0.2, 0.25) is 5.02 Å². The molecule has 0 heterocycles. The second kappa shape index (κ2) is 6.93. The maximum absolute atomic E-state index is 11.8. The second-order valence-electron chi connectivity index (χ2n) is 6.21. The molecule has 2 aromatic carbocycles. The number of carbonyl (C=O) groups excluding carboxylic acids is 1. The van der Waals surface area contributed by atoms with Crippen LogP contribution in [0.15, 0.2) is 42.5 Å². The van der Waals surface area contributed by atoms with Gasteiger partial charge in [0.25, 0.3) is 0 Å². The molecule has 0 aliphatic rings. The number of anilines is 1. The first-order valence-electron chi connectivity index (χ1n) is 7.29. The molecule has 1 amide bonds. The highest BCUT2D eigenvalue weighted by Crippen LogP contribution is 2.30. The Bertz CT molecular complexity index is 781. The van der Waals surface area contributed by atoms with Gasteiger partial charge < -0.3 is 9.84 Å². The van der Waals surface area contributed by atoms with Crippen molar-refractivity contribution in [2.45, 2.75) is 26.4 Å². The first kappa shape index (κ1) is 17.8. The Kier molecular flexibility index (Phi) is 5.14. The number of nitrogens with one attached hydrogen (secondary N) is 1. The summed E-state index contributed by atoms with van der Waals surface area (Å²) in [5, 5.41) is 12.2. The van der Waals surface area contributed by atoms with Crippen molar-refractivity contribution >= 4 is 29.4 Å². The summed E-state index contributed by atoms with van der Waals surface area (Å²) in [6.45, 7) is 5.33. The molecule has 0 spiro atoms. The maximum atomic E-state index is 11.8. The number of aromatic carboxylic acids is 1. The van der Waals surface area contributed by atoms with Crippen molar-refractivity contribution in [1.82, 2.24) is 0 Å². The standard InChI is InChI=1S/C18H18ClNO4/c1-18(2,3)24-17(23)20-13-6-4-5-11(9-13)14-10-12(16(21)22)7-8-15(14)19/h4-10H,1-3H3,(H,20,23)(H,21,22). The molecule has 0 aliphatic heterocycles. The fraction of sp³-hybridized carbons (Fsp3) is 0.222. The summed E-state index contributed by atoms with van der Waals surface area (Å²) in [6, 6.07) is 11.4. The van der Waals surface area contributed by atoms with E-state index in [0.717, 1.165) is 0 Å². The molecular formula is C18H18ClNO4. The summed E-state index contributed by atoms with van der Waals surface area (Å²) >= 11 is 6.18. The number of hydrogen-bond acceptors (Lipinski definition) is 3. The van der Waals surface area contributed by atoms with E-state index in [1.54, 1.807) is 45.0 Å². The summed E-state index contributed by atoms with van der Waals surface area (Å²) in [7, 11) is 0. The van der Waals surface area contributed by atoms with Crippen LogP contribution >= 0.6 is 11.6 Å². The SMILES string of the molecule is CC(C)(C)OC(=O)Nc1cccc(-c2cc(C(=O)O)ccc2Cl)c1. The van der Waals surface area contributed by atoms with Gasteiger partial charge in [-0.05, 0) is 56.7 Å². The predicted molar refractivity (Wildman–Crippen MR) is 93.7 cm³/mol. The molecule has 24 heavy (non-hydrogen) atoms. The number of benzene rings is 2. The molecule has 0 fully saturated rings. The lowest BCUT2D eigenvalue weighted by Gasteiger charge is -2.19. The molecule has 5 nitrogen and oxygen atoms in total. The lowest BCUT2D eigenvalue weighted by Crippen LogP contribution is -2.27. The van der Waals surface area contributed by atoms with Gasteiger partial charge in [-0.1, -0.05) is 23.7 Å². The first-order chi connectivity index (χ1) is 11.2. The van der Waals surface area contributed by atoms with Gasteiger partial charge >= 0.3 is 12.1 Å². The van der Waals surface area contributed by atoms with E-state index >= 15 is 0 Å². The van der Waals surface area contributed by atoms with Crippen molar-refractivity contribution in [3.63, 3.8) is 0 Å². The van der Waals surface area contributed by atoms with Crippen LogP contribution in [0, 0.1) is 0 Å². The first-order valence-corrected chi connectivity index (χ1v) is 7.67. The van der Waals surface area contributed by atoms with E-state index in [1.807, 2.05) is 0 Å². The molecule has 0 aliphatic carbocycles. The Morgan fingerprint density at radius 1 is 1.12 bits per heavy atom. The Hall–Kier alpha value is -2.53. The molecule has 0 saturated heterocycles. The van der Waals surface area contributed by atoms with Crippen LogP contribution in [-0.2, 0) is 4.74 Å². The number of halogens is 1. The topological polar surface area (TPSA) is 75.6 Å². The van der Waals surface area contributed by atoms with Gasteiger partial charge in [-0.25, -0.2) is 9.59 Å². The molecule has 0 bridgehead atoms. The molecule has 2 aromatic rings. The molecule has 2 rings (SSSR count). The summed E-state index contributed by atoms with van der Waals surface area (Å²) in [4.78, 5) is 23.0. The van der Waals surface area contributed by atoms with E-state index < -0.39 is 17.7 Å². The molecular weight excluding hydrogens is 330 g/mol. The van der Waals surface area contributed by atoms with E-state index in [9.17, 15) is 9.59 Å². The van der Waals surface area contributed by atoms with Gasteiger partial charge in [0.1, 0.15) is 5.60 Å². The number of ether oxygens (including phenoxy) is 1. The molecule has 0 saturated carbocycles. The van der Waals surface area contributed by atoms with E-state index in [2.05, 4.69) is 5.32 Å². The lowest BCUT2D eigenvalue weighted by atomic mass is 10.0. The van der Waals surface area contributed by atoms with Crippen LogP contribution in [0.5, 0.6) is 0 Å². The Morgan fingerprint density at radius 2 is 1.83 bits per heavy atom. The Labute approximate surface area is 145 Å². The summed E-state index contributed by atoms with van der Waals surface area (Å²) in [5.41, 5.74) is 1.33. The van der Waals surface area contributed by atoms with Crippen LogP contribution in [0.3, 0.4) is 0 Å².